The molecule has 0 radical (unpaired) electrons. The molecule has 1 atom stereocenters. The summed E-state index contributed by atoms with van der Waals surface area (Å²) in [6.07, 6.45) is -5.75. The number of benzene rings is 2. The van der Waals surface area contributed by atoms with Crippen LogP contribution >= 0.6 is 0 Å². The van der Waals surface area contributed by atoms with E-state index in [-0.39, 0.29) is 34.1 Å². The number of halogens is 5. The molecule has 180 valence electrons. The number of alkyl halides is 5. The maximum absolute atomic E-state index is 13.8. The SMILES string of the molecule is CC1(c2ccccc2)C(=O)Nc2nc(-c3nn(CC(F)(F)C(F)(F)F)c4ccccc34)nc(N)c21. The Morgan fingerprint density at radius 2 is 1.66 bits per heavy atom. The Morgan fingerprint density at radius 1 is 1.00 bits per heavy atom. The van der Waals surface area contributed by atoms with E-state index in [2.05, 4.69) is 20.4 Å². The molecule has 3 N–H and O–H groups in total. The van der Waals surface area contributed by atoms with Crippen molar-refractivity contribution in [2.75, 3.05) is 11.1 Å². The number of para-hydroxylation sites is 1. The van der Waals surface area contributed by atoms with E-state index < -0.39 is 30.0 Å². The highest BCUT2D eigenvalue weighted by Gasteiger charge is 2.58. The largest absolute Gasteiger partial charge is 0.455 e. The van der Waals surface area contributed by atoms with Gasteiger partial charge in [-0.1, -0.05) is 48.5 Å². The van der Waals surface area contributed by atoms with Gasteiger partial charge in [-0.2, -0.15) is 27.1 Å². The lowest BCUT2D eigenvalue weighted by Crippen LogP contribution is -2.40. The molecular weight excluding hydrogens is 471 g/mol. The highest BCUT2D eigenvalue weighted by Crippen LogP contribution is 2.45. The number of hydrogen-bond donors (Lipinski definition) is 2. The van der Waals surface area contributed by atoms with Gasteiger partial charge in [-0.15, -0.1) is 0 Å². The first kappa shape index (κ1) is 22.7. The molecule has 12 heteroatoms. The van der Waals surface area contributed by atoms with Gasteiger partial charge in [0.1, 0.15) is 29.3 Å². The summed E-state index contributed by atoms with van der Waals surface area (Å²) in [5.41, 5.74) is 6.05. The lowest BCUT2D eigenvalue weighted by Gasteiger charge is -2.23. The van der Waals surface area contributed by atoms with Crippen LogP contribution in [0.3, 0.4) is 0 Å². The van der Waals surface area contributed by atoms with E-state index in [1.807, 2.05) is 0 Å². The molecule has 2 aromatic carbocycles. The molecule has 0 aliphatic carbocycles. The van der Waals surface area contributed by atoms with Gasteiger partial charge in [-0.05, 0) is 18.6 Å². The molecule has 1 amide bonds. The predicted octanol–water partition coefficient (Wildman–Crippen LogP) is 4.53. The van der Waals surface area contributed by atoms with Gasteiger partial charge in [0.25, 0.3) is 0 Å². The standard InChI is InChI=1S/C23H17F5N6O/c1-21(12-7-3-2-4-8-12)15-17(29)30-19(31-18(15)32-20(21)35)16-13-9-5-6-10-14(13)34(33-16)11-22(24,25)23(26,27)28/h2-10H,11H2,1H3,(H3,29,30,31,32,35). The van der Waals surface area contributed by atoms with Crippen molar-refractivity contribution in [2.24, 2.45) is 0 Å². The molecule has 0 saturated carbocycles. The number of amides is 1. The smallest absolute Gasteiger partial charge is 0.383 e. The predicted molar refractivity (Wildman–Crippen MR) is 118 cm³/mol. The zero-order chi connectivity index (χ0) is 25.2. The molecule has 0 spiro atoms. The third kappa shape index (κ3) is 3.39. The zero-order valence-electron chi connectivity index (χ0n) is 18.1. The number of nitrogens with one attached hydrogen (secondary N) is 1. The fraction of sp³-hybridized carbons (Fsp3) is 0.217. The molecule has 5 rings (SSSR count). The number of rotatable bonds is 4. The van der Waals surface area contributed by atoms with E-state index in [0.717, 1.165) is 0 Å². The zero-order valence-corrected chi connectivity index (χ0v) is 18.1. The fourth-order valence-corrected chi connectivity index (χ4v) is 4.25. The highest BCUT2D eigenvalue weighted by molar-refractivity contribution is 6.09. The topological polar surface area (TPSA) is 98.7 Å². The summed E-state index contributed by atoms with van der Waals surface area (Å²) in [6, 6.07) is 14.8. The van der Waals surface area contributed by atoms with Crippen molar-refractivity contribution in [3.63, 3.8) is 0 Å². The second-order valence-electron chi connectivity index (χ2n) is 8.33. The van der Waals surface area contributed by atoms with Crippen molar-refractivity contribution in [1.29, 1.82) is 0 Å². The Balaban J connectivity index is 1.65. The summed E-state index contributed by atoms with van der Waals surface area (Å²) in [5.74, 6) is -5.46. The Hall–Kier alpha value is -4.09. The van der Waals surface area contributed by atoms with Crippen molar-refractivity contribution >= 4 is 28.4 Å². The van der Waals surface area contributed by atoms with E-state index in [9.17, 15) is 26.7 Å². The number of carbonyl (C=O) groups excluding carboxylic acids is 1. The van der Waals surface area contributed by atoms with Crippen molar-refractivity contribution in [1.82, 2.24) is 19.7 Å². The Bertz CT molecular complexity index is 1470. The lowest BCUT2D eigenvalue weighted by molar-refractivity contribution is -0.287. The summed E-state index contributed by atoms with van der Waals surface area (Å²) < 4.78 is 66.7. The van der Waals surface area contributed by atoms with Gasteiger partial charge in [0.15, 0.2) is 5.82 Å². The van der Waals surface area contributed by atoms with E-state index in [1.54, 1.807) is 43.3 Å². The third-order valence-electron chi connectivity index (χ3n) is 6.11. The number of hydrogen-bond acceptors (Lipinski definition) is 5. The second-order valence-corrected chi connectivity index (χ2v) is 8.33. The van der Waals surface area contributed by atoms with Gasteiger partial charge < -0.3 is 11.1 Å². The first-order valence-electron chi connectivity index (χ1n) is 10.4. The van der Waals surface area contributed by atoms with Gasteiger partial charge in [0, 0.05) is 5.39 Å². The molecule has 3 heterocycles. The maximum Gasteiger partial charge on any atom is 0.455 e. The number of carbonyl (C=O) groups is 1. The molecule has 1 unspecified atom stereocenters. The molecule has 35 heavy (non-hydrogen) atoms. The van der Waals surface area contributed by atoms with Gasteiger partial charge in [0.05, 0.1) is 11.1 Å². The van der Waals surface area contributed by atoms with E-state index in [0.29, 0.717) is 15.8 Å². The number of fused-ring (bicyclic) bond motifs is 2. The van der Waals surface area contributed by atoms with Crippen LogP contribution in [0.25, 0.3) is 22.4 Å². The molecule has 1 aliphatic heterocycles. The lowest BCUT2D eigenvalue weighted by atomic mass is 9.78. The van der Waals surface area contributed by atoms with Crippen LogP contribution in [0, 0.1) is 0 Å². The molecule has 0 bridgehead atoms. The van der Waals surface area contributed by atoms with Gasteiger partial charge in [0.2, 0.25) is 5.91 Å². The number of nitrogen functional groups attached to an aromatic ring is 1. The van der Waals surface area contributed by atoms with Crippen LogP contribution in [0.4, 0.5) is 33.6 Å². The van der Waals surface area contributed by atoms with Crippen LogP contribution in [0.5, 0.6) is 0 Å². The van der Waals surface area contributed by atoms with Crippen molar-refractivity contribution in [3.8, 4) is 11.5 Å². The summed E-state index contributed by atoms with van der Waals surface area (Å²) >= 11 is 0. The van der Waals surface area contributed by atoms with Crippen molar-refractivity contribution < 1.29 is 26.7 Å². The van der Waals surface area contributed by atoms with Gasteiger partial charge in [-0.25, -0.2) is 9.97 Å². The van der Waals surface area contributed by atoms with Gasteiger partial charge >= 0.3 is 12.1 Å². The van der Waals surface area contributed by atoms with E-state index >= 15 is 0 Å². The molecule has 2 aromatic heterocycles. The Morgan fingerprint density at radius 3 is 2.34 bits per heavy atom. The molecule has 4 aromatic rings. The monoisotopic (exact) mass is 488 g/mol. The van der Waals surface area contributed by atoms with Crippen LogP contribution in [-0.2, 0) is 16.8 Å². The molecule has 0 fully saturated rings. The van der Waals surface area contributed by atoms with Crippen LogP contribution in [0.2, 0.25) is 0 Å². The highest BCUT2D eigenvalue weighted by atomic mass is 19.4. The number of anilines is 2. The minimum Gasteiger partial charge on any atom is -0.383 e. The minimum absolute atomic E-state index is 0.0345. The first-order valence-corrected chi connectivity index (χ1v) is 10.4. The molecular formula is C23H17F5N6O. The van der Waals surface area contributed by atoms with E-state index in [1.165, 1.54) is 18.2 Å². The van der Waals surface area contributed by atoms with Crippen LogP contribution in [0.1, 0.15) is 18.1 Å². The number of nitrogens with zero attached hydrogens (tertiary/aromatic N) is 4. The average Bonchev–Trinajstić information content (AvgIpc) is 3.29. The normalized spacial score (nSPS) is 18.1. The van der Waals surface area contributed by atoms with E-state index in [4.69, 9.17) is 5.73 Å². The third-order valence-corrected chi connectivity index (χ3v) is 6.11. The summed E-state index contributed by atoms with van der Waals surface area (Å²) in [6.45, 7) is -0.0491. The van der Waals surface area contributed by atoms with Crippen molar-refractivity contribution in [2.45, 2.75) is 31.0 Å². The summed E-state index contributed by atoms with van der Waals surface area (Å²) in [5, 5.41) is 6.91. The van der Waals surface area contributed by atoms with Gasteiger partial charge in [-0.3, -0.25) is 9.48 Å². The van der Waals surface area contributed by atoms with Crippen LogP contribution in [-0.4, -0.2) is 37.8 Å². The Labute approximate surface area is 194 Å². The maximum atomic E-state index is 13.8. The average molecular weight is 488 g/mol. The second kappa shape index (κ2) is 7.45. The summed E-state index contributed by atoms with van der Waals surface area (Å²) in [4.78, 5) is 21.6. The minimum atomic E-state index is -5.75. The number of aromatic nitrogens is 4. The van der Waals surface area contributed by atoms with Crippen molar-refractivity contribution in [3.05, 3.63) is 65.7 Å². The quantitative estimate of drug-likeness (QED) is 0.412. The first-order chi connectivity index (χ1) is 16.4. The van der Waals surface area contributed by atoms with Crippen LogP contribution in [0.15, 0.2) is 54.6 Å². The molecule has 7 nitrogen and oxygen atoms in total. The summed E-state index contributed by atoms with van der Waals surface area (Å²) in [7, 11) is 0. The Kier molecular flexibility index (Phi) is 4.83. The van der Waals surface area contributed by atoms with Crippen LogP contribution < -0.4 is 11.1 Å². The number of nitrogens with two attached hydrogens (primary N) is 1. The molecule has 1 aliphatic rings. The fourth-order valence-electron chi connectivity index (χ4n) is 4.25. The molecule has 0 saturated heterocycles.